The van der Waals surface area contributed by atoms with Crippen LogP contribution in [0.5, 0.6) is 0 Å². The number of ketones is 2. The number of carbonyl (C=O) groups is 2. The second-order valence-electron chi connectivity index (χ2n) is 10.0. The molecule has 2 heterocycles. The Hall–Kier alpha value is -4.28. The van der Waals surface area contributed by atoms with E-state index in [0.717, 1.165) is 26.0 Å². The molecule has 5 heteroatoms. The standard InChI is InChI=1S/C34H21NO2SeSi/c36-33-25(34(37)32-24-12-4-2-10-22(24)21-9-1-3-11-23(21)31(32)33)19-20-17-18-30(38-20)35-26-13-5-7-15-28(26)39-29-16-8-6-14-27(29)35/h1-19H,39H2. The van der Waals surface area contributed by atoms with E-state index in [0.29, 0.717) is 11.1 Å². The van der Waals surface area contributed by atoms with Crippen molar-refractivity contribution < 1.29 is 9.59 Å². The van der Waals surface area contributed by atoms with Crippen molar-refractivity contribution in [1.29, 1.82) is 0 Å². The molecule has 5 aromatic carbocycles. The van der Waals surface area contributed by atoms with Crippen molar-refractivity contribution in [1.82, 2.24) is 0 Å². The van der Waals surface area contributed by atoms with Crippen LogP contribution in [0, 0.1) is 0 Å². The first-order valence-electron chi connectivity index (χ1n) is 13.0. The molecule has 2 aliphatic rings. The van der Waals surface area contributed by atoms with E-state index in [-0.39, 0.29) is 31.6 Å². The maximum atomic E-state index is 13.8. The van der Waals surface area contributed by atoms with E-state index < -0.39 is 9.52 Å². The van der Waals surface area contributed by atoms with E-state index in [1.807, 2.05) is 54.6 Å². The molecule has 0 radical (unpaired) electrons. The Labute approximate surface area is 233 Å². The Morgan fingerprint density at radius 1 is 0.564 bits per heavy atom. The number of benzene rings is 5. The van der Waals surface area contributed by atoms with Crippen molar-refractivity contribution in [2.24, 2.45) is 0 Å². The molecule has 0 spiro atoms. The number of nitrogens with zero attached hydrogens (tertiary/aromatic N) is 1. The van der Waals surface area contributed by atoms with Crippen molar-refractivity contribution in [2.75, 3.05) is 4.90 Å². The van der Waals surface area contributed by atoms with Crippen LogP contribution >= 0.6 is 0 Å². The van der Waals surface area contributed by atoms with Crippen molar-refractivity contribution in [3.63, 3.8) is 0 Å². The summed E-state index contributed by atoms with van der Waals surface area (Å²) in [7, 11) is -0.543. The summed E-state index contributed by atoms with van der Waals surface area (Å²) in [5.41, 5.74) is 3.89. The van der Waals surface area contributed by atoms with E-state index in [1.165, 1.54) is 26.3 Å². The Kier molecular flexibility index (Phi) is 5.01. The third-order valence-corrected chi connectivity index (χ3v) is 11.9. The van der Waals surface area contributed by atoms with Crippen molar-refractivity contribution in [2.45, 2.75) is 0 Å². The predicted molar refractivity (Wildman–Crippen MR) is 164 cm³/mol. The molecule has 8 rings (SSSR count). The quantitative estimate of drug-likeness (QED) is 0.118. The number of fused-ring (bicyclic) bond motifs is 8. The van der Waals surface area contributed by atoms with Gasteiger partial charge in [0.05, 0.1) is 0 Å². The van der Waals surface area contributed by atoms with Crippen LogP contribution in [0.25, 0.3) is 27.6 Å². The molecule has 3 nitrogen and oxygen atoms in total. The summed E-state index contributed by atoms with van der Waals surface area (Å²) in [6.07, 6.45) is 1.86. The van der Waals surface area contributed by atoms with Gasteiger partial charge in [0, 0.05) is 0 Å². The van der Waals surface area contributed by atoms with Crippen molar-refractivity contribution in [3.05, 3.63) is 130 Å². The number of para-hydroxylation sites is 2. The fourth-order valence-corrected chi connectivity index (χ4v) is 10.0. The predicted octanol–water partition coefficient (Wildman–Crippen LogP) is 5.42. The molecule has 0 fully saturated rings. The third-order valence-electron chi connectivity index (χ3n) is 7.84. The molecule has 0 saturated carbocycles. The number of carbonyl (C=O) groups excluding carboxylic acids is 2. The maximum absolute atomic E-state index is 13.8. The molecule has 0 bridgehead atoms. The number of hydrogen-bond donors (Lipinski definition) is 0. The van der Waals surface area contributed by atoms with Crippen LogP contribution < -0.4 is 15.3 Å². The number of rotatable bonds is 2. The second kappa shape index (κ2) is 8.62. The van der Waals surface area contributed by atoms with E-state index >= 15 is 0 Å². The van der Waals surface area contributed by atoms with E-state index in [2.05, 4.69) is 65.6 Å². The summed E-state index contributed by atoms with van der Waals surface area (Å²) in [6.45, 7) is 0. The van der Waals surface area contributed by atoms with Crippen LogP contribution in [0.15, 0.2) is 115 Å². The molecule has 0 unspecified atom stereocenters. The fraction of sp³-hybridized carbons (Fsp3) is 0. The molecule has 0 saturated heterocycles. The molecule has 1 aromatic heterocycles. The summed E-state index contributed by atoms with van der Waals surface area (Å²) in [5, 5.41) is 6.60. The van der Waals surface area contributed by atoms with Crippen molar-refractivity contribution in [3.8, 4) is 0 Å². The average Bonchev–Trinajstić information content (AvgIpc) is 3.54. The van der Waals surface area contributed by atoms with Gasteiger partial charge in [0.15, 0.2) is 0 Å². The fourth-order valence-electron chi connectivity index (χ4n) is 6.13. The van der Waals surface area contributed by atoms with Gasteiger partial charge in [-0.05, 0) is 0 Å². The van der Waals surface area contributed by atoms with Crippen LogP contribution in [0.4, 0.5) is 15.9 Å². The van der Waals surface area contributed by atoms with Crippen molar-refractivity contribution >= 4 is 89.5 Å². The Balaban J connectivity index is 1.26. The molecule has 0 amide bonds. The molecule has 184 valence electrons. The van der Waals surface area contributed by atoms with Gasteiger partial charge >= 0.3 is 234 Å². The summed E-state index contributed by atoms with van der Waals surface area (Å²) in [6, 6.07) is 37.5. The zero-order chi connectivity index (χ0) is 26.1. The van der Waals surface area contributed by atoms with Crippen LogP contribution in [-0.4, -0.2) is 35.6 Å². The monoisotopic (exact) mass is 583 g/mol. The van der Waals surface area contributed by atoms with Crippen LogP contribution in [0.3, 0.4) is 0 Å². The zero-order valence-electron chi connectivity index (χ0n) is 20.8. The number of hydrogen-bond acceptors (Lipinski definition) is 3. The van der Waals surface area contributed by atoms with Gasteiger partial charge in [-0.3, -0.25) is 0 Å². The number of allylic oxidation sites excluding steroid dienone is 1. The van der Waals surface area contributed by atoms with Gasteiger partial charge in [-0.2, -0.15) is 0 Å². The minimum atomic E-state index is -0.543. The Morgan fingerprint density at radius 3 is 1.62 bits per heavy atom. The zero-order valence-corrected chi connectivity index (χ0v) is 24.0. The molecule has 1 aliphatic carbocycles. The molecule has 0 atom stereocenters. The topological polar surface area (TPSA) is 37.4 Å². The first kappa shape index (κ1) is 22.7. The summed E-state index contributed by atoms with van der Waals surface area (Å²) in [4.78, 5) is 30.0. The van der Waals surface area contributed by atoms with Gasteiger partial charge in [0.2, 0.25) is 0 Å². The van der Waals surface area contributed by atoms with Gasteiger partial charge < -0.3 is 0 Å². The second-order valence-corrected chi connectivity index (χ2v) is 14.2. The minimum absolute atomic E-state index is 0.0500. The molecular weight excluding hydrogens is 561 g/mol. The molecule has 6 aromatic rings. The first-order valence-corrected chi connectivity index (χ1v) is 16.1. The van der Waals surface area contributed by atoms with Crippen LogP contribution in [-0.2, 0) is 0 Å². The SMILES string of the molecule is O=C1C(=Cc2ccc(N3c4ccccc4[SiH2]c4ccccc43)[se]2)C(=O)c2c1c1ccccc1c1ccccc21. The van der Waals surface area contributed by atoms with Gasteiger partial charge in [0.25, 0.3) is 0 Å². The third kappa shape index (κ3) is 3.34. The van der Waals surface area contributed by atoms with Crippen LogP contribution in [0.2, 0.25) is 0 Å². The van der Waals surface area contributed by atoms with Gasteiger partial charge in [0.1, 0.15) is 0 Å². The Morgan fingerprint density at radius 2 is 1.05 bits per heavy atom. The molecular formula is C34H21NO2SeSi. The van der Waals surface area contributed by atoms with Gasteiger partial charge in [-0.15, -0.1) is 0 Å². The molecule has 0 N–H and O–H groups in total. The first-order chi connectivity index (χ1) is 19.2. The number of anilines is 3. The summed E-state index contributed by atoms with van der Waals surface area (Å²) < 4.78 is 2.25. The van der Waals surface area contributed by atoms with E-state index in [9.17, 15) is 9.59 Å². The van der Waals surface area contributed by atoms with E-state index in [1.54, 1.807) is 0 Å². The van der Waals surface area contributed by atoms with Gasteiger partial charge in [-0.1, -0.05) is 0 Å². The Bertz CT molecular complexity index is 1930. The normalized spacial score (nSPS) is 14.1. The summed E-state index contributed by atoms with van der Waals surface area (Å²) in [5.74, 6) is -0.330. The average molecular weight is 583 g/mol. The van der Waals surface area contributed by atoms with Crippen LogP contribution in [0.1, 0.15) is 25.2 Å². The molecule has 1 aliphatic heterocycles. The van der Waals surface area contributed by atoms with Gasteiger partial charge in [-0.25, -0.2) is 0 Å². The number of Topliss-reactive ketones (excluding diaryl/α,β-unsaturated/α-hetero) is 2. The van der Waals surface area contributed by atoms with E-state index in [4.69, 9.17) is 0 Å². The molecule has 39 heavy (non-hydrogen) atoms. The summed E-state index contributed by atoms with van der Waals surface area (Å²) >= 11 is -0.0500.